The number of carbonyl (C=O) groups is 1. The van der Waals surface area contributed by atoms with Gasteiger partial charge in [-0.3, -0.25) is 9.89 Å². The smallest absolute Gasteiger partial charge is 0.273 e. The molecule has 6 nitrogen and oxygen atoms in total. The van der Waals surface area contributed by atoms with Gasteiger partial charge in [0.2, 0.25) is 0 Å². The van der Waals surface area contributed by atoms with Gasteiger partial charge in [0.1, 0.15) is 23.0 Å². The van der Waals surface area contributed by atoms with Crippen LogP contribution in [0.5, 0.6) is 5.75 Å². The number of benzene rings is 2. The number of halogens is 1. The third-order valence-corrected chi connectivity index (χ3v) is 5.32. The number of amides is 1. The van der Waals surface area contributed by atoms with Crippen LogP contribution in [0.2, 0.25) is 0 Å². The Bertz CT molecular complexity index is 1070. The van der Waals surface area contributed by atoms with E-state index >= 15 is 0 Å². The van der Waals surface area contributed by atoms with Crippen LogP contribution in [-0.2, 0) is 0 Å². The third kappa shape index (κ3) is 3.07. The molecule has 0 bridgehead atoms. The average molecular weight is 395 g/mol. The molecular weight excluding hydrogens is 373 g/mol. The van der Waals surface area contributed by atoms with Gasteiger partial charge in [-0.25, -0.2) is 4.39 Å². The molecule has 1 aliphatic heterocycles. The summed E-state index contributed by atoms with van der Waals surface area (Å²) >= 11 is 0. The number of hydrogen-bond acceptors (Lipinski definition) is 4. The minimum Gasteiger partial charge on any atom is -0.507 e. The second kappa shape index (κ2) is 7.33. The van der Waals surface area contributed by atoms with E-state index in [-0.39, 0.29) is 30.5 Å². The fraction of sp³-hybridized carbons (Fsp3) is 0.273. The highest BCUT2D eigenvalue weighted by Gasteiger charge is 2.43. The first-order valence-electron chi connectivity index (χ1n) is 9.49. The molecule has 0 fully saturated rings. The molecule has 7 heteroatoms. The molecule has 0 saturated heterocycles. The van der Waals surface area contributed by atoms with Crippen molar-refractivity contribution in [2.75, 3.05) is 13.2 Å². The van der Waals surface area contributed by atoms with Crippen molar-refractivity contribution in [3.63, 3.8) is 0 Å². The van der Waals surface area contributed by atoms with Gasteiger partial charge in [0, 0.05) is 29.8 Å². The Kier molecular flexibility index (Phi) is 4.84. The van der Waals surface area contributed by atoms with Gasteiger partial charge in [-0.15, -0.1) is 0 Å². The number of H-pyrrole nitrogens is 1. The van der Waals surface area contributed by atoms with E-state index in [0.29, 0.717) is 28.8 Å². The van der Waals surface area contributed by atoms with E-state index in [1.165, 1.54) is 6.07 Å². The van der Waals surface area contributed by atoms with Crippen LogP contribution in [0.1, 0.15) is 45.2 Å². The SMILES string of the molecule is Cc1cc(C)c(-c2n[nH]c3c2C(c2ccccc2F)N(CCCO)C3=O)c(O)c1. The number of phenolic OH excluding ortho intramolecular Hbond substituents is 1. The largest absolute Gasteiger partial charge is 0.507 e. The zero-order valence-corrected chi connectivity index (χ0v) is 16.2. The Morgan fingerprint density at radius 3 is 2.69 bits per heavy atom. The first-order valence-corrected chi connectivity index (χ1v) is 9.49. The quantitative estimate of drug-likeness (QED) is 0.617. The number of hydrogen-bond donors (Lipinski definition) is 3. The van der Waals surface area contributed by atoms with Crippen LogP contribution in [0.3, 0.4) is 0 Å². The first-order chi connectivity index (χ1) is 13.9. The van der Waals surface area contributed by atoms with Gasteiger partial charge in [-0.1, -0.05) is 24.3 Å². The van der Waals surface area contributed by atoms with E-state index in [9.17, 15) is 19.4 Å². The van der Waals surface area contributed by atoms with Crippen LogP contribution in [0.15, 0.2) is 36.4 Å². The van der Waals surface area contributed by atoms with Crippen LogP contribution in [-0.4, -0.2) is 44.4 Å². The lowest BCUT2D eigenvalue weighted by atomic mass is 9.93. The maximum absolute atomic E-state index is 14.7. The monoisotopic (exact) mass is 395 g/mol. The van der Waals surface area contributed by atoms with Gasteiger partial charge >= 0.3 is 0 Å². The summed E-state index contributed by atoms with van der Waals surface area (Å²) in [6.45, 7) is 3.94. The van der Waals surface area contributed by atoms with E-state index in [1.807, 2.05) is 19.9 Å². The zero-order valence-electron chi connectivity index (χ0n) is 16.2. The summed E-state index contributed by atoms with van der Waals surface area (Å²) < 4.78 is 14.7. The second-order valence-corrected chi connectivity index (χ2v) is 7.34. The predicted molar refractivity (Wildman–Crippen MR) is 106 cm³/mol. The van der Waals surface area contributed by atoms with Crippen molar-refractivity contribution in [1.82, 2.24) is 15.1 Å². The maximum Gasteiger partial charge on any atom is 0.273 e. The average Bonchev–Trinajstić information content (AvgIpc) is 3.19. The highest BCUT2D eigenvalue weighted by Crippen LogP contribution is 2.46. The number of aliphatic hydroxyl groups is 1. The van der Waals surface area contributed by atoms with Gasteiger partial charge in [0.15, 0.2) is 0 Å². The molecule has 3 N–H and O–H groups in total. The molecule has 150 valence electrons. The van der Waals surface area contributed by atoms with Crippen molar-refractivity contribution >= 4 is 5.91 Å². The molecule has 0 spiro atoms. The summed E-state index contributed by atoms with van der Waals surface area (Å²) in [4.78, 5) is 14.6. The second-order valence-electron chi connectivity index (χ2n) is 7.34. The van der Waals surface area contributed by atoms with Crippen molar-refractivity contribution in [3.05, 3.63) is 70.2 Å². The fourth-order valence-corrected chi connectivity index (χ4v) is 4.13. The predicted octanol–water partition coefficient (Wildman–Crippen LogP) is 3.47. The normalized spacial score (nSPS) is 15.8. The number of phenols is 1. The van der Waals surface area contributed by atoms with Crippen LogP contribution < -0.4 is 0 Å². The van der Waals surface area contributed by atoms with Gasteiger partial charge in [-0.05, 0) is 43.5 Å². The van der Waals surface area contributed by atoms with E-state index in [4.69, 9.17) is 0 Å². The highest BCUT2D eigenvalue weighted by molar-refractivity contribution is 6.00. The summed E-state index contributed by atoms with van der Waals surface area (Å²) in [5.41, 5.74) is 3.84. The zero-order chi connectivity index (χ0) is 20.7. The lowest BCUT2D eigenvalue weighted by Crippen LogP contribution is -2.31. The summed E-state index contributed by atoms with van der Waals surface area (Å²) in [5, 5.41) is 27.0. The van der Waals surface area contributed by atoms with E-state index < -0.39 is 11.9 Å². The van der Waals surface area contributed by atoms with Crippen LogP contribution in [0, 0.1) is 19.7 Å². The first kappa shape index (κ1) is 19.1. The van der Waals surface area contributed by atoms with Crippen molar-refractivity contribution in [3.8, 4) is 17.0 Å². The molecule has 0 saturated carbocycles. The van der Waals surface area contributed by atoms with E-state index in [0.717, 1.165) is 11.1 Å². The minimum atomic E-state index is -0.695. The Hall–Kier alpha value is -3.19. The number of nitrogens with one attached hydrogen (secondary N) is 1. The number of aromatic nitrogens is 2. The Labute approximate surface area is 167 Å². The van der Waals surface area contributed by atoms with Gasteiger partial charge in [0.05, 0.1) is 6.04 Å². The molecular formula is C22H22FN3O3. The molecule has 0 radical (unpaired) electrons. The molecule has 1 aromatic heterocycles. The minimum absolute atomic E-state index is 0.0605. The number of nitrogens with zero attached hydrogens (tertiary/aromatic N) is 2. The van der Waals surface area contributed by atoms with Crippen LogP contribution >= 0.6 is 0 Å². The molecule has 4 rings (SSSR count). The standard InChI is InChI=1S/C22H22FN3O3/c1-12-10-13(2)17(16(28)11-12)19-18-20(25-24-19)22(29)26(8-5-9-27)21(18)14-6-3-4-7-15(14)23/h3-4,6-7,10-11,21,27-28H,5,8-9H2,1-2H3,(H,24,25). The number of carbonyl (C=O) groups excluding carboxylic acids is 1. The van der Waals surface area contributed by atoms with Gasteiger partial charge < -0.3 is 15.1 Å². The highest BCUT2D eigenvalue weighted by atomic mass is 19.1. The summed E-state index contributed by atoms with van der Waals surface area (Å²) in [7, 11) is 0. The number of aromatic hydroxyl groups is 1. The van der Waals surface area contributed by atoms with E-state index in [1.54, 1.807) is 29.2 Å². The number of rotatable bonds is 5. The lowest BCUT2D eigenvalue weighted by molar-refractivity contribution is 0.0730. The molecule has 1 atom stereocenters. The number of aromatic amines is 1. The van der Waals surface area contributed by atoms with Gasteiger partial charge in [-0.2, -0.15) is 5.10 Å². The summed E-state index contributed by atoms with van der Waals surface area (Å²) in [6, 6.07) is 9.19. The fourth-order valence-electron chi connectivity index (χ4n) is 4.13. The molecule has 2 aromatic carbocycles. The van der Waals surface area contributed by atoms with Crippen LogP contribution in [0.25, 0.3) is 11.3 Å². The molecule has 2 heterocycles. The molecule has 1 amide bonds. The molecule has 29 heavy (non-hydrogen) atoms. The Balaban J connectivity index is 1.94. The molecule has 1 unspecified atom stereocenters. The van der Waals surface area contributed by atoms with Crippen molar-refractivity contribution in [2.45, 2.75) is 26.3 Å². The van der Waals surface area contributed by atoms with E-state index in [2.05, 4.69) is 10.2 Å². The van der Waals surface area contributed by atoms with Crippen molar-refractivity contribution in [2.24, 2.45) is 0 Å². The number of aliphatic hydroxyl groups excluding tert-OH is 1. The van der Waals surface area contributed by atoms with Crippen molar-refractivity contribution in [1.29, 1.82) is 0 Å². The third-order valence-electron chi connectivity index (χ3n) is 5.32. The lowest BCUT2D eigenvalue weighted by Gasteiger charge is -2.26. The molecule has 0 aliphatic carbocycles. The summed E-state index contributed by atoms with van der Waals surface area (Å²) in [6.07, 6.45) is 0.374. The summed E-state index contributed by atoms with van der Waals surface area (Å²) in [5.74, 6) is -0.667. The van der Waals surface area contributed by atoms with Crippen molar-refractivity contribution < 1.29 is 19.4 Å². The molecule has 1 aliphatic rings. The Morgan fingerprint density at radius 2 is 2.00 bits per heavy atom. The van der Waals surface area contributed by atoms with Crippen LogP contribution in [0.4, 0.5) is 4.39 Å². The maximum atomic E-state index is 14.7. The number of fused-ring (bicyclic) bond motifs is 1. The molecule has 3 aromatic rings. The number of aryl methyl sites for hydroxylation is 2. The Morgan fingerprint density at radius 1 is 1.24 bits per heavy atom. The van der Waals surface area contributed by atoms with Gasteiger partial charge in [0.25, 0.3) is 5.91 Å². The topological polar surface area (TPSA) is 89.5 Å².